The molecule has 3 heterocycles. The molecule has 5 heteroatoms. The SMILES string of the molecule is C[Si]1(C)c2ccccc2-c2c(-c3cccc(-c4nc(-c5ccccc5)cc(-c5ccccc5)n4)c3)nc(-c3ccccc3)nc21. The van der Waals surface area contributed by atoms with E-state index >= 15 is 0 Å². The minimum atomic E-state index is -2.05. The van der Waals surface area contributed by atoms with Gasteiger partial charge in [-0.25, -0.2) is 19.9 Å². The molecule has 0 radical (unpaired) electrons. The Morgan fingerprint density at radius 2 is 0.933 bits per heavy atom. The highest BCUT2D eigenvalue weighted by Crippen LogP contribution is 2.37. The van der Waals surface area contributed by atoms with E-state index in [9.17, 15) is 0 Å². The highest BCUT2D eigenvalue weighted by molar-refractivity contribution is 7.03. The Labute approximate surface area is 264 Å². The predicted molar refractivity (Wildman–Crippen MR) is 187 cm³/mol. The molecule has 1 aliphatic heterocycles. The summed E-state index contributed by atoms with van der Waals surface area (Å²) >= 11 is 0. The molecule has 0 fully saturated rings. The third kappa shape index (κ3) is 4.78. The Morgan fingerprint density at radius 3 is 1.58 bits per heavy atom. The van der Waals surface area contributed by atoms with Crippen LogP contribution in [-0.4, -0.2) is 28.0 Å². The average Bonchev–Trinajstić information content (AvgIpc) is 3.35. The molecule has 0 saturated heterocycles. The lowest BCUT2D eigenvalue weighted by Crippen LogP contribution is -2.50. The molecule has 0 aliphatic carbocycles. The summed E-state index contributed by atoms with van der Waals surface area (Å²) in [7, 11) is -2.05. The lowest BCUT2D eigenvalue weighted by Gasteiger charge is -2.19. The van der Waals surface area contributed by atoms with E-state index in [0.717, 1.165) is 56.3 Å². The first-order valence-electron chi connectivity index (χ1n) is 15.2. The fourth-order valence-corrected chi connectivity index (χ4v) is 9.28. The molecule has 0 atom stereocenters. The van der Waals surface area contributed by atoms with Gasteiger partial charge < -0.3 is 0 Å². The minimum Gasteiger partial charge on any atom is -0.237 e. The molecule has 0 spiro atoms. The first kappa shape index (κ1) is 27.1. The highest BCUT2D eigenvalue weighted by Gasteiger charge is 2.41. The Morgan fingerprint density at radius 1 is 0.422 bits per heavy atom. The molecule has 45 heavy (non-hydrogen) atoms. The lowest BCUT2D eigenvalue weighted by atomic mass is 9.98. The molecule has 8 rings (SSSR count). The summed E-state index contributed by atoms with van der Waals surface area (Å²) in [5.74, 6) is 1.44. The molecule has 0 bridgehead atoms. The zero-order valence-corrected chi connectivity index (χ0v) is 26.1. The number of rotatable bonds is 5. The fourth-order valence-electron chi connectivity index (χ4n) is 6.36. The number of fused-ring (bicyclic) bond motifs is 3. The van der Waals surface area contributed by atoms with Crippen LogP contribution in [0.5, 0.6) is 0 Å². The van der Waals surface area contributed by atoms with E-state index in [0.29, 0.717) is 5.82 Å². The second-order valence-corrected chi connectivity index (χ2v) is 16.2. The average molecular weight is 595 g/mol. The molecule has 0 N–H and O–H groups in total. The molecular weight excluding hydrogens is 565 g/mol. The fraction of sp³-hybridized carbons (Fsp3) is 0.0500. The summed E-state index contributed by atoms with van der Waals surface area (Å²) in [5, 5.41) is 2.59. The van der Waals surface area contributed by atoms with E-state index in [1.54, 1.807) is 0 Å². The van der Waals surface area contributed by atoms with Gasteiger partial charge in [0.05, 0.1) is 17.1 Å². The summed E-state index contributed by atoms with van der Waals surface area (Å²) < 4.78 is 0. The Kier molecular flexibility index (Phi) is 6.54. The molecule has 5 aromatic carbocycles. The third-order valence-electron chi connectivity index (χ3n) is 8.66. The molecule has 0 amide bonds. The van der Waals surface area contributed by atoms with E-state index in [2.05, 4.69) is 104 Å². The standard InChI is InChI=1S/C40H30N4Si/c1-45(2)35-24-13-12-23-32(35)36-37(43-38(44-40(36)45)29-19-10-5-11-20-29)30-21-14-22-31(25-30)39-41-33(27-15-6-3-7-16-27)26-34(42-39)28-17-8-4-9-18-28/h3-26H,1-2H3. The predicted octanol–water partition coefficient (Wildman–Crippen LogP) is 8.40. The third-order valence-corrected chi connectivity index (χ3v) is 12.0. The van der Waals surface area contributed by atoms with Gasteiger partial charge in [0.2, 0.25) is 0 Å². The van der Waals surface area contributed by atoms with Crippen molar-refractivity contribution >= 4 is 18.6 Å². The molecule has 214 valence electrons. The van der Waals surface area contributed by atoms with E-state index in [4.69, 9.17) is 19.9 Å². The van der Waals surface area contributed by atoms with Crippen LogP contribution in [0.2, 0.25) is 13.1 Å². The number of aromatic nitrogens is 4. The van der Waals surface area contributed by atoms with Gasteiger partial charge >= 0.3 is 0 Å². The van der Waals surface area contributed by atoms with Crippen LogP contribution in [0.4, 0.5) is 0 Å². The number of benzene rings is 5. The lowest BCUT2D eigenvalue weighted by molar-refractivity contribution is 1.18. The van der Waals surface area contributed by atoms with Crippen LogP contribution in [0.3, 0.4) is 0 Å². The molecule has 7 aromatic rings. The van der Waals surface area contributed by atoms with Gasteiger partial charge in [0.1, 0.15) is 8.07 Å². The van der Waals surface area contributed by atoms with Crippen LogP contribution in [0.25, 0.3) is 67.7 Å². The van der Waals surface area contributed by atoms with Crippen molar-refractivity contribution in [1.29, 1.82) is 0 Å². The van der Waals surface area contributed by atoms with Gasteiger partial charge in [0.15, 0.2) is 11.6 Å². The first-order chi connectivity index (χ1) is 22.1. The highest BCUT2D eigenvalue weighted by atomic mass is 28.3. The van der Waals surface area contributed by atoms with Gasteiger partial charge in [-0.05, 0) is 22.9 Å². The number of hydrogen-bond donors (Lipinski definition) is 0. The van der Waals surface area contributed by atoms with Crippen molar-refractivity contribution in [2.24, 2.45) is 0 Å². The van der Waals surface area contributed by atoms with Crippen LogP contribution < -0.4 is 10.5 Å². The second-order valence-electron chi connectivity index (χ2n) is 11.9. The van der Waals surface area contributed by atoms with Crippen molar-refractivity contribution in [2.75, 3.05) is 0 Å². The Balaban J connectivity index is 1.34. The Bertz CT molecular complexity index is 2120. The van der Waals surface area contributed by atoms with Crippen molar-refractivity contribution in [3.05, 3.63) is 146 Å². The summed E-state index contributed by atoms with van der Waals surface area (Å²) in [6.45, 7) is 4.79. The van der Waals surface area contributed by atoms with Gasteiger partial charge in [0.25, 0.3) is 0 Å². The summed E-state index contributed by atoms with van der Waals surface area (Å²) in [6, 6.07) is 50.3. The van der Waals surface area contributed by atoms with Crippen molar-refractivity contribution in [2.45, 2.75) is 13.1 Å². The molecule has 2 aromatic heterocycles. The van der Waals surface area contributed by atoms with Gasteiger partial charge in [-0.15, -0.1) is 0 Å². The van der Waals surface area contributed by atoms with Crippen molar-refractivity contribution in [3.8, 4) is 67.7 Å². The Hall–Kier alpha value is -5.52. The zero-order chi connectivity index (χ0) is 30.4. The second kappa shape index (κ2) is 10.9. The van der Waals surface area contributed by atoms with Crippen LogP contribution in [0, 0.1) is 0 Å². The summed E-state index contributed by atoms with van der Waals surface area (Å²) in [4.78, 5) is 20.7. The smallest absolute Gasteiger partial charge is 0.160 e. The molecule has 1 aliphatic rings. The quantitative estimate of drug-likeness (QED) is 0.188. The van der Waals surface area contributed by atoms with Crippen molar-refractivity contribution < 1.29 is 0 Å². The van der Waals surface area contributed by atoms with Gasteiger partial charge in [0, 0.05) is 38.7 Å². The number of nitrogens with zero attached hydrogens (tertiary/aromatic N) is 4. The van der Waals surface area contributed by atoms with Gasteiger partial charge in [-0.3, -0.25) is 0 Å². The molecular formula is C40H30N4Si. The van der Waals surface area contributed by atoms with Crippen LogP contribution in [0.15, 0.2) is 146 Å². The molecule has 0 unspecified atom stereocenters. The summed E-state index contributed by atoms with van der Waals surface area (Å²) in [6.07, 6.45) is 0. The normalized spacial score (nSPS) is 12.8. The van der Waals surface area contributed by atoms with E-state index in [-0.39, 0.29) is 0 Å². The van der Waals surface area contributed by atoms with E-state index < -0.39 is 8.07 Å². The van der Waals surface area contributed by atoms with E-state index in [1.807, 2.05) is 54.6 Å². The maximum atomic E-state index is 5.28. The maximum Gasteiger partial charge on any atom is 0.160 e. The van der Waals surface area contributed by atoms with Crippen LogP contribution >= 0.6 is 0 Å². The topological polar surface area (TPSA) is 51.6 Å². The first-order valence-corrected chi connectivity index (χ1v) is 18.2. The van der Waals surface area contributed by atoms with Crippen molar-refractivity contribution in [1.82, 2.24) is 19.9 Å². The molecule has 0 saturated carbocycles. The largest absolute Gasteiger partial charge is 0.237 e. The van der Waals surface area contributed by atoms with Gasteiger partial charge in [-0.2, -0.15) is 0 Å². The zero-order valence-electron chi connectivity index (χ0n) is 25.1. The summed E-state index contributed by atoms with van der Waals surface area (Å²) in [5.41, 5.74) is 10.2. The minimum absolute atomic E-state index is 0.682. The van der Waals surface area contributed by atoms with Gasteiger partial charge in [-0.1, -0.05) is 147 Å². The van der Waals surface area contributed by atoms with E-state index in [1.165, 1.54) is 16.1 Å². The van der Waals surface area contributed by atoms with Crippen molar-refractivity contribution in [3.63, 3.8) is 0 Å². The van der Waals surface area contributed by atoms with Crippen LogP contribution in [0.1, 0.15) is 0 Å². The van der Waals surface area contributed by atoms with Crippen LogP contribution in [-0.2, 0) is 0 Å². The monoisotopic (exact) mass is 594 g/mol. The number of hydrogen-bond acceptors (Lipinski definition) is 4. The maximum absolute atomic E-state index is 5.28. The molecule has 4 nitrogen and oxygen atoms in total.